The first-order valence-electron chi connectivity index (χ1n) is 5.49. The van der Waals surface area contributed by atoms with E-state index in [-0.39, 0.29) is 5.56 Å². The molecule has 5 nitrogen and oxygen atoms in total. The molecule has 0 bridgehead atoms. The Morgan fingerprint density at radius 3 is 2.63 bits per heavy atom. The number of alkyl halides is 2. The van der Waals surface area contributed by atoms with Crippen LogP contribution in [-0.2, 0) is 0 Å². The molecular formula is C12H11F2N3O2. The lowest BCUT2D eigenvalue weighted by atomic mass is 10.2. The Morgan fingerprint density at radius 1 is 1.26 bits per heavy atom. The van der Waals surface area contributed by atoms with E-state index in [2.05, 4.69) is 15.3 Å². The zero-order valence-corrected chi connectivity index (χ0v) is 9.81. The Morgan fingerprint density at radius 2 is 1.95 bits per heavy atom. The second-order valence-corrected chi connectivity index (χ2v) is 3.96. The molecule has 0 spiro atoms. The number of hydrogen-bond donors (Lipinski definition) is 2. The SMILES string of the molecule is O=C(NCC(F)(F)CO)c1ccc2nccnc2c1. The van der Waals surface area contributed by atoms with E-state index in [9.17, 15) is 13.6 Å². The fourth-order valence-corrected chi connectivity index (χ4v) is 1.47. The first kappa shape index (κ1) is 13.3. The predicted molar refractivity (Wildman–Crippen MR) is 63.9 cm³/mol. The summed E-state index contributed by atoms with van der Waals surface area (Å²) in [6, 6.07) is 4.53. The molecule has 2 rings (SSSR count). The van der Waals surface area contributed by atoms with Crippen molar-refractivity contribution < 1.29 is 18.7 Å². The third kappa shape index (κ3) is 3.19. The Hall–Kier alpha value is -2.15. The molecule has 1 amide bonds. The van der Waals surface area contributed by atoms with Gasteiger partial charge in [0.05, 0.1) is 17.6 Å². The number of carbonyl (C=O) groups excluding carboxylic acids is 1. The number of hydrogen-bond acceptors (Lipinski definition) is 4. The number of nitrogens with zero attached hydrogens (tertiary/aromatic N) is 2. The van der Waals surface area contributed by atoms with Gasteiger partial charge in [-0.1, -0.05) is 0 Å². The van der Waals surface area contributed by atoms with Crippen molar-refractivity contribution in [3.8, 4) is 0 Å². The number of aliphatic hydroxyl groups excluding tert-OH is 1. The largest absolute Gasteiger partial charge is 0.390 e. The molecule has 0 radical (unpaired) electrons. The summed E-state index contributed by atoms with van der Waals surface area (Å²) in [7, 11) is 0. The van der Waals surface area contributed by atoms with Crippen LogP contribution in [0.4, 0.5) is 8.78 Å². The van der Waals surface area contributed by atoms with Crippen molar-refractivity contribution in [2.45, 2.75) is 5.92 Å². The van der Waals surface area contributed by atoms with Gasteiger partial charge in [0, 0.05) is 18.0 Å². The van der Waals surface area contributed by atoms with Crippen LogP contribution in [0.2, 0.25) is 0 Å². The van der Waals surface area contributed by atoms with Gasteiger partial charge in [0.1, 0.15) is 6.61 Å². The van der Waals surface area contributed by atoms with Crippen molar-refractivity contribution in [2.24, 2.45) is 0 Å². The highest BCUT2D eigenvalue weighted by molar-refractivity contribution is 5.97. The zero-order valence-electron chi connectivity index (χ0n) is 9.81. The summed E-state index contributed by atoms with van der Waals surface area (Å²) in [5.74, 6) is -3.98. The number of rotatable bonds is 4. The summed E-state index contributed by atoms with van der Waals surface area (Å²) < 4.78 is 25.6. The molecule has 0 atom stereocenters. The molecule has 2 aromatic rings. The van der Waals surface area contributed by atoms with Gasteiger partial charge in [-0.25, -0.2) is 8.78 Å². The second kappa shape index (κ2) is 5.23. The summed E-state index contributed by atoms with van der Waals surface area (Å²) >= 11 is 0. The van der Waals surface area contributed by atoms with E-state index in [1.54, 1.807) is 6.07 Å². The molecule has 2 N–H and O–H groups in total. The molecule has 1 heterocycles. The number of aliphatic hydroxyl groups is 1. The van der Waals surface area contributed by atoms with E-state index in [4.69, 9.17) is 5.11 Å². The minimum absolute atomic E-state index is 0.210. The lowest BCUT2D eigenvalue weighted by Crippen LogP contribution is -2.38. The van der Waals surface area contributed by atoms with Crippen LogP contribution in [0.15, 0.2) is 30.6 Å². The summed E-state index contributed by atoms with van der Waals surface area (Å²) in [4.78, 5) is 19.7. The number of carbonyl (C=O) groups is 1. The van der Waals surface area contributed by atoms with Gasteiger partial charge >= 0.3 is 0 Å². The molecular weight excluding hydrogens is 256 g/mol. The fraction of sp³-hybridized carbons (Fsp3) is 0.250. The van der Waals surface area contributed by atoms with Crippen LogP contribution in [0.3, 0.4) is 0 Å². The number of amides is 1. The highest BCUT2D eigenvalue weighted by Gasteiger charge is 2.28. The topological polar surface area (TPSA) is 75.1 Å². The minimum atomic E-state index is -3.33. The molecule has 0 fully saturated rings. The molecule has 1 aromatic carbocycles. The van der Waals surface area contributed by atoms with Crippen molar-refractivity contribution in [1.82, 2.24) is 15.3 Å². The first-order chi connectivity index (χ1) is 9.02. The van der Waals surface area contributed by atoms with Crippen molar-refractivity contribution in [3.63, 3.8) is 0 Å². The molecule has 0 aliphatic carbocycles. The molecule has 0 unspecified atom stereocenters. The lowest BCUT2D eigenvalue weighted by Gasteiger charge is -2.13. The van der Waals surface area contributed by atoms with Crippen LogP contribution in [0.1, 0.15) is 10.4 Å². The third-order valence-corrected chi connectivity index (χ3v) is 2.47. The molecule has 1 aromatic heterocycles. The number of benzene rings is 1. The second-order valence-electron chi connectivity index (χ2n) is 3.96. The third-order valence-electron chi connectivity index (χ3n) is 2.47. The molecule has 0 aliphatic rings. The van der Waals surface area contributed by atoms with Gasteiger partial charge < -0.3 is 10.4 Å². The van der Waals surface area contributed by atoms with Crippen LogP contribution < -0.4 is 5.32 Å². The van der Waals surface area contributed by atoms with E-state index in [0.717, 1.165) is 0 Å². The number of nitrogens with one attached hydrogen (secondary N) is 1. The highest BCUT2D eigenvalue weighted by atomic mass is 19.3. The average molecular weight is 267 g/mol. The van der Waals surface area contributed by atoms with Crippen molar-refractivity contribution in [3.05, 3.63) is 36.2 Å². The smallest absolute Gasteiger partial charge is 0.287 e. The maximum atomic E-state index is 12.8. The van der Waals surface area contributed by atoms with Crippen molar-refractivity contribution >= 4 is 16.9 Å². The maximum Gasteiger partial charge on any atom is 0.287 e. The van der Waals surface area contributed by atoms with Crippen LogP contribution in [0, 0.1) is 0 Å². The lowest BCUT2D eigenvalue weighted by molar-refractivity contribution is -0.0462. The molecule has 0 saturated carbocycles. The van der Waals surface area contributed by atoms with Crippen LogP contribution in [0.25, 0.3) is 11.0 Å². The Labute approximate surface area is 107 Å². The average Bonchev–Trinajstić information content (AvgIpc) is 2.44. The van der Waals surface area contributed by atoms with E-state index >= 15 is 0 Å². The van der Waals surface area contributed by atoms with Gasteiger partial charge in [-0.15, -0.1) is 0 Å². The van der Waals surface area contributed by atoms with Gasteiger partial charge in [-0.2, -0.15) is 0 Å². The van der Waals surface area contributed by atoms with E-state index < -0.39 is 25.0 Å². The van der Waals surface area contributed by atoms with Crippen LogP contribution in [-0.4, -0.2) is 40.1 Å². The van der Waals surface area contributed by atoms with Gasteiger partial charge in [-0.3, -0.25) is 14.8 Å². The van der Waals surface area contributed by atoms with Gasteiger partial charge in [0.2, 0.25) is 0 Å². The number of aromatic nitrogens is 2. The predicted octanol–water partition coefficient (Wildman–Crippen LogP) is 0.987. The molecule has 7 heteroatoms. The van der Waals surface area contributed by atoms with Crippen LogP contribution >= 0.6 is 0 Å². The first-order valence-corrected chi connectivity index (χ1v) is 5.49. The molecule has 0 saturated heterocycles. The summed E-state index contributed by atoms with van der Waals surface area (Å²) in [5.41, 5.74) is 1.32. The summed E-state index contributed by atoms with van der Waals surface area (Å²) in [6.07, 6.45) is 2.99. The quantitative estimate of drug-likeness (QED) is 0.866. The van der Waals surface area contributed by atoms with E-state index in [1.807, 2.05) is 0 Å². The number of halogens is 2. The summed E-state index contributed by atoms with van der Waals surface area (Å²) in [6.45, 7) is -2.22. The van der Waals surface area contributed by atoms with E-state index in [1.165, 1.54) is 24.5 Å². The highest BCUT2D eigenvalue weighted by Crippen LogP contribution is 2.13. The molecule has 0 aliphatic heterocycles. The van der Waals surface area contributed by atoms with Crippen molar-refractivity contribution in [1.29, 1.82) is 0 Å². The van der Waals surface area contributed by atoms with Gasteiger partial charge in [0.15, 0.2) is 0 Å². The molecule has 19 heavy (non-hydrogen) atoms. The van der Waals surface area contributed by atoms with Crippen LogP contribution in [0.5, 0.6) is 0 Å². The Bertz CT molecular complexity index is 604. The van der Waals surface area contributed by atoms with Crippen molar-refractivity contribution in [2.75, 3.05) is 13.2 Å². The Balaban J connectivity index is 2.13. The molecule has 100 valence electrons. The standard InChI is InChI=1S/C12H11F2N3O2/c13-12(14,7-18)6-17-11(19)8-1-2-9-10(5-8)16-4-3-15-9/h1-5,18H,6-7H2,(H,17,19). The van der Waals surface area contributed by atoms with Gasteiger partial charge in [-0.05, 0) is 18.2 Å². The Kier molecular flexibility index (Phi) is 3.66. The number of fused-ring (bicyclic) bond motifs is 1. The summed E-state index contributed by atoms with van der Waals surface area (Å²) in [5, 5.41) is 10.5. The zero-order chi connectivity index (χ0) is 13.9. The fourth-order valence-electron chi connectivity index (χ4n) is 1.47. The monoisotopic (exact) mass is 267 g/mol. The van der Waals surface area contributed by atoms with Gasteiger partial charge in [0.25, 0.3) is 11.8 Å². The van der Waals surface area contributed by atoms with E-state index in [0.29, 0.717) is 11.0 Å². The minimum Gasteiger partial charge on any atom is -0.390 e. The maximum absolute atomic E-state index is 12.8. The normalized spacial score (nSPS) is 11.5.